The fourth-order valence-corrected chi connectivity index (χ4v) is 3.70. The van der Waals surface area contributed by atoms with Crippen LogP contribution in [-0.2, 0) is 6.42 Å². The molecule has 3 aromatic carbocycles. The van der Waals surface area contributed by atoms with Gasteiger partial charge in [0.2, 0.25) is 5.43 Å². The van der Waals surface area contributed by atoms with E-state index >= 15 is 0 Å². The summed E-state index contributed by atoms with van der Waals surface area (Å²) in [5, 5.41) is 50.0. The number of hydrogen-bond donors (Lipinski definition) is 5. The van der Waals surface area contributed by atoms with E-state index in [4.69, 9.17) is 4.74 Å². The third kappa shape index (κ3) is 2.72. The van der Waals surface area contributed by atoms with Crippen LogP contribution in [0.25, 0.3) is 10.8 Å². The average Bonchev–Trinajstić information content (AvgIpc) is 2.76. The number of benzene rings is 2. The molecule has 1 aliphatic heterocycles. The molecular formula is C21H18O7. The number of fused-ring (bicyclic) bond motifs is 2. The van der Waals surface area contributed by atoms with E-state index in [2.05, 4.69) is 0 Å². The number of phenolic OH excluding ortho intramolecular Hbond substituents is 4. The lowest BCUT2D eigenvalue weighted by molar-refractivity contribution is 0.121. The van der Waals surface area contributed by atoms with Gasteiger partial charge in [0.25, 0.3) is 0 Å². The van der Waals surface area contributed by atoms with Gasteiger partial charge in [-0.05, 0) is 35.6 Å². The van der Waals surface area contributed by atoms with Crippen LogP contribution in [0.1, 0.15) is 24.2 Å². The zero-order valence-corrected chi connectivity index (χ0v) is 14.9. The van der Waals surface area contributed by atoms with E-state index in [1.165, 1.54) is 30.3 Å². The quantitative estimate of drug-likeness (QED) is 0.409. The molecule has 0 bridgehead atoms. The Labute approximate surface area is 159 Å². The molecule has 0 spiro atoms. The molecule has 1 heterocycles. The van der Waals surface area contributed by atoms with Crippen LogP contribution in [-0.4, -0.2) is 25.5 Å². The fourth-order valence-electron chi connectivity index (χ4n) is 3.70. The predicted octanol–water partition coefficient (Wildman–Crippen LogP) is 3.04. The van der Waals surface area contributed by atoms with Crippen molar-refractivity contribution in [1.82, 2.24) is 0 Å². The molecule has 0 saturated carbocycles. The highest BCUT2D eigenvalue weighted by molar-refractivity contribution is 5.94. The monoisotopic (exact) mass is 382 g/mol. The fraction of sp³-hybridized carbons (Fsp3) is 0.190. The lowest BCUT2D eigenvalue weighted by atomic mass is 9.88. The Morgan fingerprint density at radius 3 is 2.43 bits per heavy atom. The van der Waals surface area contributed by atoms with Crippen LogP contribution in [0.15, 0.2) is 41.2 Å². The maximum Gasteiger partial charge on any atom is 0.221 e. The molecule has 2 atom stereocenters. The molecule has 28 heavy (non-hydrogen) atoms. The number of hydrogen-bond acceptors (Lipinski definition) is 7. The van der Waals surface area contributed by atoms with Gasteiger partial charge in [0, 0.05) is 23.6 Å². The van der Waals surface area contributed by atoms with Crippen LogP contribution in [0.3, 0.4) is 0 Å². The smallest absolute Gasteiger partial charge is 0.221 e. The molecule has 0 radical (unpaired) electrons. The first kappa shape index (κ1) is 17.8. The topological polar surface area (TPSA) is 127 Å². The highest BCUT2D eigenvalue weighted by Crippen LogP contribution is 2.45. The van der Waals surface area contributed by atoms with E-state index in [0.29, 0.717) is 28.7 Å². The Kier molecular flexibility index (Phi) is 3.96. The molecule has 4 rings (SSSR count). The number of rotatable bonds is 1. The van der Waals surface area contributed by atoms with Gasteiger partial charge < -0.3 is 30.3 Å². The van der Waals surface area contributed by atoms with Crippen LogP contribution in [0.4, 0.5) is 0 Å². The maximum atomic E-state index is 12.4. The highest BCUT2D eigenvalue weighted by Gasteiger charge is 2.31. The van der Waals surface area contributed by atoms with Gasteiger partial charge in [0.15, 0.2) is 17.2 Å². The van der Waals surface area contributed by atoms with Gasteiger partial charge in [0.05, 0.1) is 5.39 Å². The third-order valence-electron chi connectivity index (χ3n) is 5.07. The van der Waals surface area contributed by atoms with Gasteiger partial charge in [0.1, 0.15) is 23.4 Å². The van der Waals surface area contributed by atoms with Crippen molar-refractivity contribution in [3.05, 3.63) is 57.7 Å². The normalized spacial score (nSPS) is 18.5. The van der Waals surface area contributed by atoms with Crippen molar-refractivity contribution in [2.45, 2.75) is 19.4 Å². The molecule has 0 saturated heterocycles. The summed E-state index contributed by atoms with van der Waals surface area (Å²) >= 11 is 0. The van der Waals surface area contributed by atoms with Gasteiger partial charge in [-0.25, -0.2) is 0 Å². The predicted molar refractivity (Wildman–Crippen MR) is 101 cm³/mol. The van der Waals surface area contributed by atoms with Crippen LogP contribution < -0.4 is 10.2 Å². The van der Waals surface area contributed by atoms with Gasteiger partial charge in [-0.2, -0.15) is 0 Å². The molecule has 5 N–H and O–H groups in total. The van der Waals surface area contributed by atoms with Crippen LogP contribution in [0, 0.1) is 5.92 Å². The lowest BCUT2D eigenvalue weighted by Crippen LogP contribution is -2.24. The first-order chi connectivity index (χ1) is 13.3. The molecule has 1 aliphatic rings. The minimum absolute atomic E-state index is 0.0630. The minimum Gasteiger partial charge on any atom is -0.508 e. The molecule has 0 fully saturated rings. The average molecular weight is 382 g/mol. The lowest BCUT2D eigenvalue weighted by Gasteiger charge is -2.32. The summed E-state index contributed by atoms with van der Waals surface area (Å²) in [4.78, 5) is 12.4. The van der Waals surface area contributed by atoms with E-state index < -0.39 is 28.8 Å². The van der Waals surface area contributed by atoms with Crippen molar-refractivity contribution in [3.8, 4) is 34.5 Å². The second-order valence-electron chi connectivity index (χ2n) is 7.06. The Bertz CT molecular complexity index is 1170. The standard InChI is InChI=1S/C21H18O7/c1-9-4-13-15(24)7-12(22)8-17(13)28-21(9)11-5-10-2-3-14(23)19(26)18(10)20(27)16(25)6-11/h2-3,5-9,21-24,26H,4H2,1H3,(H,25,27)/t9-,21+/m1/s1. The minimum atomic E-state index is -0.730. The molecular weight excluding hydrogens is 364 g/mol. The second-order valence-corrected chi connectivity index (χ2v) is 7.06. The molecule has 0 amide bonds. The zero-order chi connectivity index (χ0) is 20.2. The van der Waals surface area contributed by atoms with E-state index in [-0.39, 0.29) is 22.8 Å². The van der Waals surface area contributed by atoms with Gasteiger partial charge >= 0.3 is 0 Å². The summed E-state index contributed by atoms with van der Waals surface area (Å²) in [6.45, 7) is 1.89. The van der Waals surface area contributed by atoms with Crippen LogP contribution in [0.5, 0.6) is 34.5 Å². The van der Waals surface area contributed by atoms with Crippen LogP contribution >= 0.6 is 0 Å². The molecule has 144 valence electrons. The summed E-state index contributed by atoms with van der Waals surface area (Å²) in [6, 6.07) is 8.21. The SMILES string of the molecule is C[C@@H]1Cc2c(O)cc(O)cc2O[C@@H]1c1cc(=O)c(O)c2c(O)c(O)ccc2c1. The van der Waals surface area contributed by atoms with E-state index in [1.807, 2.05) is 6.92 Å². The van der Waals surface area contributed by atoms with Crippen molar-refractivity contribution in [2.24, 2.45) is 5.92 Å². The molecule has 7 heteroatoms. The third-order valence-corrected chi connectivity index (χ3v) is 5.07. The van der Waals surface area contributed by atoms with Crippen molar-refractivity contribution < 1.29 is 30.3 Å². The molecule has 0 aliphatic carbocycles. The largest absolute Gasteiger partial charge is 0.508 e. The van der Waals surface area contributed by atoms with Gasteiger partial charge in [-0.1, -0.05) is 13.0 Å². The Balaban J connectivity index is 1.91. The summed E-state index contributed by atoms with van der Waals surface area (Å²) in [5.41, 5.74) is 0.298. The van der Waals surface area contributed by atoms with E-state index in [0.717, 1.165) is 0 Å². The summed E-state index contributed by atoms with van der Waals surface area (Å²) in [6.07, 6.45) is -0.137. The number of phenols is 4. The number of ether oxygens (including phenoxy) is 1. The van der Waals surface area contributed by atoms with Crippen molar-refractivity contribution in [1.29, 1.82) is 0 Å². The van der Waals surface area contributed by atoms with E-state index in [9.17, 15) is 30.3 Å². The molecule has 0 aromatic heterocycles. The van der Waals surface area contributed by atoms with Crippen molar-refractivity contribution in [3.63, 3.8) is 0 Å². The first-order valence-corrected chi connectivity index (χ1v) is 8.69. The first-order valence-electron chi connectivity index (χ1n) is 8.69. The Morgan fingerprint density at radius 1 is 0.929 bits per heavy atom. The highest BCUT2D eigenvalue weighted by atomic mass is 16.5. The summed E-state index contributed by atoms with van der Waals surface area (Å²) in [7, 11) is 0. The van der Waals surface area contributed by atoms with Crippen LogP contribution in [0.2, 0.25) is 0 Å². The Hall–Kier alpha value is -3.61. The van der Waals surface area contributed by atoms with Gasteiger partial charge in [-0.15, -0.1) is 0 Å². The van der Waals surface area contributed by atoms with Crippen molar-refractivity contribution in [2.75, 3.05) is 0 Å². The zero-order valence-electron chi connectivity index (χ0n) is 14.9. The van der Waals surface area contributed by atoms with Gasteiger partial charge in [-0.3, -0.25) is 4.79 Å². The number of aromatic hydroxyl groups is 5. The van der Waals surface area contributed by atoms with Crippen molar-refractivity contribution >= 4 is 10.8 Å². The molecule has 7 nitrogen and oxygen atoms in total. The van der Waals surface area contributed by atoms with E-state index in [1.54, 1.807) is 6.07 Å². The second kappa shape index (κ2) is 6.23. The maximum absolute atomic E-state index is 12.4. The summed E-state index contributed by atoms with van der Waals surface area (Å²) < 4.78 is 5.98. The Morgan fingerprint density at radius 2 is 1.68 bits per heavy atom. The molecule has 0 unspecified atom stereocenters. The molecule has 3 aromatic rings. The summed E-state index contributed by atoms with van der Waals surface area (Å²) in [5.74, 6) is -1.72.